The van der Waals surface area contributed by atoms with E-state index in [1.165, 1.54) is 6.07 Å². The Morgan fingerprint density at radius 2 is 1.72 bits per heavy atom. The molecule has 18 heavy (non-hydrogen) atoms. The van der Waals surface area contributed by atoms with Crippen LogP contribution < -0.4 is 11.1 Å². The first-order valence-corrected chi connectivity index (χ1v) is 6.03. The van der Waals surface area contributed by atoms with Gasteiger partial charge in [0.2, 0.25) is 0 Å². The smallest absolute Gasteiger partial charge is 0.141 e. The van der Waals surface area contributed by atoms with Crippen molar-refractivity contribution in [3.63, 3.8) is 0 Å². The van der Waals surface area contributed by atoms with Crippen LogP contribution in [-0.4, -0.2) is 0 Å². The molecule has 0 amide bonds. The van der Waals surface area contributed by atoms with Gasteiger partial charge in [0.05, 0.1) is 5.02 Å². The zero-order valence-corrected chi connectivity index (χ0v) is 10.5. The molecule has 0 heterocycles. The highest BCUT2D eigenvalue weighted by Crippen LogP contribution is 2.19. The highest BCUT2D eigenvalue weighted by atomic mass is 35.5. The molecule has 2 aromatic rings. The molecule has 0 aliphatic carbocycles. The van der Waals surface area contributed by atoms with Crippen molar-refractivity contribution in [1.82, 2.24) is 0 Å². The van der Waals surface area contributed by atoms with Crippen molar-refractivity contribution in [3.05, 3.63) is 64.4 Å². The van der Waals surface area contributed by atoms with Gasteiger partial charge in [0, 0.05) is 18.8 Å². The Morgan fingerprint density at radius 1 is 1.06 bits per heavy atom. The molecule has 0 spiro atoms. The molecule has 0 saturated heterocycles. The molecule has 0 aromatic heterocycles. The van der Waals surface area contributed by atoms with Crippen molar-refractivity contribution in [2.24, 2.45) is 5.73 Å². The lowest BCUT2D eigenvalue weighted by atomic mass is 10.1. The Hall–Kier alpha value is -1.58. The zero-order chi connectivity index (χ0) is 13.0. The van der Waals surface area contributed by atoms with Gasteiger partial charge in [-0.05, 0) is 29.3 Å². The normalized spacial score (nSPS) is 10.4. The first kappa shape index (κ1) is 12.9. The van der Waals surface area contributed by atoms with Crippen molar-refractivity contribution in [1.29, 1.82) is 0 Å². The fourth-order valence-corrected chi connectivity index (χ4v) is 1.78. The van der Waals surface area contributed by atoms with Crippen LogP contribution in [-0.2, 0) is 13.1 Å². The van der Waals surface area contributed by atoms with Gasteiger partial charge in [-0.25, -0.2) is 4.39 Å². The molecule has 94 valence electrons. The molecular weight excluding hydrogens is 251 g/mol. The third-order valence-electron chi connectivity index (χ3n) is 2.67. The van der Waals surface area contributed by atoms with Gasteiger partial charge in [-0.3, -0.25) is 0 Å². The van der Waals surface area contributed by atoms with E-state index >= 15 is 0 Å². The number of benzene rings is 2. The zero-order valence-electron chi connectivity index (χ0n) is 9.79. The molecule has 3 N–H and O–H groups in total. The maximum absolute atomic E-state index is 13.0. The Balaban J connectivity index is 1.99. The van der Waals surface area contributed by atoms with Crippen LogP contribution in [0.5, 0.6) is 0 Å². The van der Waals surface area contributed by atoms with Crippen molar-refractivity contribution < 1.29 is 4.39 Å². The standard InChI is InChI=1S/C14H14ClFN2/c15-13-7-12(5-6-14(13)16)18-9-11-3-1-10(8-17)2-4-11/h1-7,18H,8-9,17H2. The second kappa shape index (κ2) is 5.85. The lowest BCUT2D eigenvalue weighted by molar-refractivity contribution is 0.628. The van der Waals surface area contributed by atoms with Crippen LogP contribution in [0.2, 0.25) is 5.02 Å². The van der Waals surface area contributed by atoms with Crippen LogP contribution in [0.1, 0.15) is 11.1 Å². The quantitative estimate of drug-likeness (QED) is 0.886. The highest BCUT2D eigenvalue weighted by molar-refractivity contribution is 6.31. The minimum atomic E-state index is -0.408. The summed E-state index contributed by atoms with van der Waals surface area (Å²) in [5, 5.41) is 3.31. The summed E-state index contributed by atoms with van der Waals surface area (Å²) < 4.78 is 13.0. The second-order valence-electron chi connectivity index (χ2n) is 4.00. The van der Waals surface area contributed by atoms with Gasteiger partial charge in [-0.15, -0.1) is 0 Å². The Bertz CT molecular complexity index is 526. The first-order chi connectivity index (χ1) is 8.69. The maximum Gasteiger partial charge on any atom is 0.141 e. The molecule has 0 aliphatic heterocycles. The third-order valence-corrected chi connectivity index (χ3v) is 2.96. The molecule has 4 heteroatoms. The van der Waals surface area contributed by atoms with Crippen molar-refractivity contribution >= 4 is 17.3 Å². The van der Waals surface area contributed by atoms with E-state index in [0.29, 0.717) is 13.1 Å². The van der Waals surface area contributed by atoms with Crippen LogP contribution in [0.15, 0.2) is 42.5 Å². The second-order valence-corrected chi connectivity index (χ2v) is 4.41. The summed E-state index contributed by atoms with van der Waals surface area (Å²) in [5.74, 6) is -0.408. The number of hydrogen-bond donors (Lipinski definition) is 2. The fraction of sp³-hybridized carbons (Fsp3) is 0.143. The van der Waals surface area contributed by atoms with E-state index in [-0.39, 0.29) is 5.02 Å². The Labute approximate surface area is 111 Å². The molecule has 0 radical (unpaired) electrons. The summed E-state index contributed by atoms with van der Waals surface area (Å²) in [6, 6.07) is 12.6. The fourth-order valence-electron chi connectivity index (χ4n) is 1.60. The van der Waals surface area contributed by atoms with Gasteiger partial charge < -0.3 is 11.1 Å². The van der Waals surface area contributed by atoms with Crippen molar-refractivity contribution in [3.8, 4) is 0 Å². The van der Waals surface area contributed by atoms with E-state index in [1.807, 2.05) is 24.3 Å². The minimum Gasteiger partial charge on any atom is -0.381 e. The summed E-state index contributed by atoms with van der Waals surface area (Å²) in [5.41, 5.74) is 8.56. The van der Waals surface area contributed by atoms with Gasteiger partial charge in [0.25, 0.3) is 0 Å². The molecule has 0 fully saturated rings. The first-order valence-electron chi connectivity index (χ1n) is 5.66. The van der Waals surface area contributed by atoms with E-state index in [0.717, 1.165) is 16.8 Å². The Kier molecular flexibility index (Phi) is 4.18. The maximum atomic E-state index is 13.0. The molecule has 2 aromatic carbocycles. The summed E-state index contributed by atoms with van der Waals surface area (Å²) >= 11 is 5.71. The van der Waals surface area contributed by atoms with Gasteiger partial charge >= 0.3 is 0 Å². The summed E-state index contributed by atoms with van der Waals surface area (Å²) in [7, 11) is 0. The number of halogens is 2. The predicted molar refractivity (Wildman–Crippen MR) is 73.1 cm³/mol. The van der Waals surface area contributed by atoms with E-state index < -0.39 is 5.82 Å². The topological polar surface area (TPSA) is 38.0 Å². The monoisotopic (exact) mass is 264 g/mol. The number of nitrogens with two attached hydrogens (primary N) is 1. The van der Waals surface area contributed by atoms with Crippen LogP contribution in [0, 0.1) is 5.82 Å². The lowest BCUT2D eigenvalue weighted by Crippen LogP contribution is -2.01. The average molecular weight is 265 g/mol. The van der Waals surface area contributed by atoms with E-state index in [9.17, 15) is 4.39 Å². The summed E-state index contributed by atoms with van der Waals surface area (Å²) in [6.07, 6.45) is 0. The average Bonchev–Trinajstić information content (AvgIpc) is 2.41. The molecule has 0 unspecified atom stereocenters. The minimum absolute atomic E-state index is 0.124. The van der Waals surface area contributed by atoms with Gasteiger partial charge in [0.15, 0.2) is 0 Å². The lowest BCUT2D eigenvalue weighted by Gasteiger charge is -2.07. The summed E-state index contributed by atoms with van der Waals surface area (Å²) in [6.45, 7) is 1.20. The molecule has 0 atom stereocenters. The van der Waals surface area contributed by atoms with Crippen LogP contribution in [0.25, 0.3) is 0 Å². The van der Waals surface area contributed by atoms with Crippen molar-refractivity contribution in [2.75, 3.05) is 5.32 Å². The third kappa shape index (κ3) is 3.22. The molecule has 0 aliphatic rings. The number of anilines is 1. The van der Waals surface area contributed by atoms with Crippen LogP contribution in [0.4, 0.5) is 10.1 Å². The largest absolute Gasteiger partial charge is 0.381 e. The SMILES string of the molecule is NCc1ccc(CNc2ccc(F)c(Cl)c2)cc1. The predicted octanol–water partition coefficient (Wildman–Crippen LogP) is 3.55. The molecule has 0 bridgehead atoms. The van der Waals surface area contributed by atoms with Gasteiger partial charge in [-0.2, -0.15) is 0 Å². The van der Waals surface area contributed by atoms with Crippen molar-refractivity contribution in [2.45, 2.75) is 13.1 Å². The van der Waals surface area contributed by atoms with Crippen LogP contribution >= 0.6 is 11.6 Å². The highest BCUT2D eigenvalue weighted by Gasteiger charge is 2.00. The molecule has 2 rings (SSSR count). The molecular formula is C14H14ClFN2. The number of hydrogen-bond acceptors (Lipinski definition) is 2. The van der Waals surface area contributed by atoms with Crippen LogP contribution in [0.3, 0.4) is 0 Å². The van der Waals surface area contributed by atoms with E-state index in [4.69, 9.17) is 17.3 Å². The number of nitrogens with one attached hydrogen (secondary N) is 1. The van der Waals surface area contributed by atoms with Gasteiger partial charge in [0.1, 0.15) is 5.82 Å². The number of rotatable bonds is 4. The van der Waals surface area contributed by atoms with E-state index in [2.05, 4.69) is 5.32 Å². The molecule has 0 saturated carbocycles. The van der Waals surface area contributed by atoms with E-state index in [1.54, 1.807) is 12.1 Å². The summed E-state index contributed by atoms with van der Waals surface area (Å²) in [4.78, 5) is 0. The van der Waals surface area contributed by atoms with Gasteiger partial charge in [-0.1, -0.05) is 35.9 Å². The Morgan fingerprint density at radius 3 is 2.33 bits per heavy atom. The molecule has 2 nitrogen and oxygen atoms in total.